The second-order valence-electron chi connectivity index (χ2n) is 2.45. The van der Waals surface area contributed by atoms with Crippen LogP contribution in [0.2, 0.25) is 0 Å². The average Bonchev–Trinajstić information content (AvgIpc) is 2.31. The number of thiazole rings is 1. The lowest BCUT2D eigenvalue weighted by Gasteiger charge is -1.93. The molecular weight excluding hydrogens is 176 g/mol. The third kappa shape index (κ3) is 0.902. The average molecular weight is 182 g/mol. The summed E-state index contributed by atoms with van der Waals surface area (Å²) >= 11 is 1.33. The zero-order valence-corrected chi connectivity index (χ0v) is 7.13. The van der Waals surface area contributed by atoms with Crippen molar-refractivity contribution in [2.75, 3.05) is 0 Å². The van der Waals surface area contributed by atoms with E-state index >= 15 is 0 Å². The van der Waals surface area contributed by atoms with Crippen LogP contribution in [0, 0.1) is 6.92 Å². The summed E-state index contributed by atoms with van der Waals surface area (Å²) in [6, 6.07) is 1.10. The van der Waals surface area contributed by atoms with Gasteiger partial charge in [0.25, 0.3) is 5.56 Å². The molecule has 4 nitrogen and oxygen atoms in total. The van der Waals surface area contributed by atoms with Crippen molar-refractivity contribution in [1.82, 2.24) is 9.38 Å². The minimum atomic E-state index is -0.240. The van der Waals surface area contributed by atoms with Gasteiger partial charge in [-0.2, -0.15) is 4.98 Å². The maximum Gasteiger partial charge on any atom is 0.262 e. The maximum absolute atomic E-state index is 11.3. The molecule has 2 rings (SSSR count). The zero-order chi connectivity index (χ0) is 8.72. The van der Waals surface area contributed by atoms with E-state index in [1.807, 2.05) is 12.3 Å². The molecule has 0 aliphatic carbocycles. The molecule has 0 aliphatic rings. The number of hydrogen-bond donors (Lipinski definition) is 1. The fourth-order valence-electron chi connectivity index (χ4n) is 1.04. The first-order valence-corrected chi connectivity index (χ1v) is 4.23. The minimum absolute atomic E-state index is 0.221. The molecule has 5 heteroatoms. The highest BCUT2D eigenvalue weighted by Crippen LogP contribution is 2.12. The second-order valence-corrected chi connectivity index (χ2v) is 3.28. The molecule has 0 spiro atoms. The Hall–Kier alpha value is -1.36. The number of aromatic nitrogens is 2. The summed E-state index contributed by atoms with van der Waals surface area (Å²) < 4.78 is 1.46. The van der Waals surface area contributed by atoms with Gasteiger partial charge in [0.2, 0.25) is 5.88 Å². The van der Waals surface area contributed by atoms with Gasteiger partial charge in [0, 0.05) is 11.1 Å². The van der Waals surface area contributed by atoms with Crippen molar-refractivity contribution >= 4 is 16.3 Å². The molecule has 0 saturated carbocycles. The highest BCUT2D eigenvalue weighted by molar-refractivity contribution is 7.15. The van der Waals surface area contributed by atoms with Crippen molar-refractivity contribution in [2.24, 2.45) is 0 Å². The number of nitrogens with zero attached hydrogens (tertiary/aromatic N) is 2. The minimum Gasteiger partial charge on any atom is -0.493 e. The van der Waals surface area contributed by atoms with E-state index < -0.39 is 0 Å². The van der Waals surface area contributed by atoms with Gasteiger partial charge in [0.1, 0.15) is 0 Å². The third-order valence-electron chi connectivity index (χ3n) is 1.56. The van der Waals surface area contributed by atoms with Crippen LogP contribution in [-0.2, 0) is 0 Å². The largest absolute Gasteiger partial charge is 0.493 e. The molecule has 0 bridgehead atoms. The van der Waals surface area contributed by atoms with Crippen molar-refractivity contribution in [3.8, 4) is 5.88 Å². The molecular formula is C7H6N2O2S. The lowest BCUT2D eigenvalue weighted by atomic mass is 10.5. The number of aromatic hydroxyl groups is 1. The van der Waals surface area contributed by atoms with Gasteiger partial charge >= 0.3 is 0 Å². The van der Waals surface area contributed by atoms with Crippen LogP contribution in [0.3, 0.4) is 0 Å². The molecule has 62 valence electrons. The Kier molecular flexibility index (Phi) is 1.41. The number of rotatable bonds is 0. The number of fused-ring (bicyclic) bond motifs is 1. The van der Waals surface area contributed by atoms with E-state index in [4.69, 9.17) is 5.11 Å². The van der Waals surface area contributed by atoms with Crippen molar-refractivity contribution in [3.05, 3.63) is 27.5 Å². The van der Waals surface area contributed by atoms with Gasteiger partial charge in [-0.1, -0.05) is 0 Å². The fraction of sp³-hybridized carbons (Fsp3) is 0.143. The van der Waals surface area contributed by atoms with E-state index in [1.165, 1.54) is 15.7 Å². The molecule has 1 N–H and O–H groups in total. The summed E-state index contributed by atoms with van der Waals surface area (Å²) in [7, 11) is 0. The Morgan fingerprint density at radius 1 is 1.67 bits per heavy atom. The molecule has 0 aliphatic heterocycles. The van der Waals surface area contributed by atoms with Crippen molar-refractivity contribution < 1.29 is 5.11 Å². The highest BCUT2D eigenvalue weighted by atomic mass is 32.1. The molecule has 0 fully saturated rings. The van der Waals surface area contributed by atoms with E-state index in [2.05, 4.69) is 4.98 Å². The standard InChI is InChI=1S/C7H6N2O2S/c1-4-3-12-7-8-5(10)2-6(11)9(4)7/h2-3,10H,1H3. The normalized spacial score (nSPS) is 10.8. The topological polar surface area (TPSA) is 54.6 Å². The highest BCUT2D eigenvalue weighted by Gasteiger charge is 2.04. The SMILES string of the molecule is Cc1csc2nc(O)cc(=O)n12. The quantitative estimate of drug-likeness (QED) is 0.654. The van der Waals surface area contributed by atoms with Crippen molar-refractivity contribution in [1.29, 1.82) is 0 Å². The first kappa shape index (κ1) is 7.30. The monoisotopic (exact) mass is 182 g/mol. The van der Waals surface area contributed by atoms with Crippen molar-refractivity contribution in [3.63, 3.8) is 0 Å². The van der Waals surface area contributed by atoms with E-state index in [0.29, 0.717) is 4.96 Å². The molecule has 0 amide bonds. The Balaban J connectivity index is 3.03. The second kappa shape index (κ2) is 2.31. The predicted molar refractivity (Wildman–Crippen MR) is 45.7 cm³/mol. The Labute approximate surface area is 71.7 Å². The molecule has 0 unspecified atom stereocenters. The summed E-state index contributed by atoms with van der Waals surface area (Å²) in [5, 5.41) is 10.8. The number of hydrogen-bond acceptors (Lipinski definition) is 4. The van der Waals surface area contributed by atoms with Crippen LogP contribution in [0.5, 0.6) is 5.88 Å². The molecule has 2 heterocycles. The lowest BCUT2D eigenvalue weighted by Crippen LogP contribution is -2.12. The van der Waals surface area contributed by atoms with Crippen LogP contribution < -0.4 is 5.56 Å². The summed E-state index contributed by atoms with van der Waals surface area (Å²) in [6.07, 6.45) is 0. The Bertz CT molecular complexity index is 486. The summed E-state index contributed by atoms with van der Waals surface area (Å²) in [4.78, 5) is 15.6. The number of aryl methyl sites for hydroxylation is 1. The van der Waals surface area contributed by atoms with Gasteiger partial charge in [-0.05, 0) is 6.92 Å². The van der Waals surface area contributed by atoms with Gasteiger partial charge < -0.3 is 5.11 Å². The van der Waals surface area contributed by atoms with Crippen LogP contribution in [-0.4, -0.2) is 14.5 Å². The molecule has 0 aromatic carbocycles. The first-order valence-electron chi connectivity index (χ1n) is 3.35. The Morgan fingerprint density at radius 3 is 3.17 bits per heavy atom. The van der Waals surface area contributed by atoms with E-state index in [1.54, 1.807) is 0 Å². The van der Waals surface area contributed by atoms with Crippen LogP contribution in [0.1, 0.15) is 5.69 Å². The van der Waals surface area contributed by atoms with Gasteiger partial charge in [-0.25, -0.2) is 0 Å². The fourth-order valence-corrected chi connectivity index (χ4v) is 1.91. The van der Waals surface area contributed by atoms with Crippen LogP contribution in [0.25, 0.3) is 4.96 Å². The van der Waals surface area contributed by atoms with Gasteiger partial charge in [0.05, 0.1) is 6.07 Å². The van der Waals surface area contributed by atoms with Crippen LogP contribution in [0.4, 0.5) is 0 Å². The molecule has 0 atom stereocenters. The van der Waals surface area contributed by atoms with Crippen LogP contribution >= 0.6 is 11.3 Å². The van der Waals surface area contributed by atoms with E-state index in [-0.39, 0.29) is 11.4 Å². The molecule has 12 heavy (non-hydrogen) atoms. The van der Waals surface area contributed by atoms with E-state index in [0.717, 1.165) is 11.8 Å². The summed E-state index contributed by atoms with van der Waals surface area (Å²) in [5.74, 6) is -0.221. The van der Waals surface area contributed by atoms with Gasteiger partial charge in [0.15, 0.2) is 4.96 Å². The first-order chi connectivity index (χ1) is 5.68. The summed E-state index contributed by atoms with van der Waals surface area (Å²) in [6.45, 7) is 1.82. The molecule has 2 aromatic rings. The van der Waals surface area contributed by atoms with Gasteiger partial charge in [-0.15, -0.1) is 11.3 Å². The third-order valence-corrected chi connectivity index (χ3v) is 2.51. The predicted octanol–water partition coefficient (Wildman–Crippen LogP) is 0.770. The molecule has 0 radical (unpaired) electrons. The van der Waals surface area contributed by atoms with Crippen LogP contribution in [0.15, 0.2) is 16.2 Å². The Morgan fingerprint density at radius 2 is 2.42 bits per heavy atom. The maximum atomic E-state index is 11.3. The summed E-state index contributed by atoms with van der Waals surface area (Å²) in [5.41, 5.74) is 0.601. The van der Waals surface area contributed by atoms with Gasteiger partial charge in [-0.3, -0.25) is 9.20 Å². The molecule has 2 aromatic heterocycles. The lowest BCUT2D eigenvalue weighted by molar-refractivity contribution is 0.453. The molecule has 0 saturated heterocycles. The smallest absolute Gasteiger partial charge is 0.262 e. The van der Waals surface area contributed by atoms with Crippen molar-refractivity contribution in [2.45, 2.75) is 6.92 Å². The van der Waals surface area contributed by atoms with E-state index in [9.17, 15) is 4.79 Å². The zero-order valence-electron chi connectivity index (χ0n) is 6.31.